The van der Waals surface area contributed by atoms with Crippen LogP contribution in [0.4, 0.5) is 4.79 Å². The second-order valence-electron chi connectivity index (χ2n) is 5.27. The van der Waals surface area contributed by atoms with Crippen LogP contribution in [0, 0.1) is 0 Å². The van der Waals surface area contributed by atoms with Crippen molar-refractivity contribution in [2.24, 2.45) is 10.8 Å². The molecule has 0 aliphatic rings. The molecule has 0 saturated carbocycles. The number of carbonyl (C=O) groups is 1. The third-order valence-corrected chi connectivity index (χ3v) is 3.49. The second kappa shape index (κ2) is 7.28. The molecule has 0 saturated heterocycles. The lowest BCUT2D eigenvalue weighted by Gasteiger charge is -2.07. The first-order valence-corrected chi connectivity index (χ1v) is 7.50. The van der Waals surface area contributed by atoms with Gasteiger partial charge in [-0.25, -0.2) is 10.2 Å². The Kier molecular flexibility index (Phi) is 4.72. The van der Waals surface area contributed by atoms with Gasteiger partial charge in [-0.15, -0.1) is 0 Å². The number of ether oxygens (including phenoxy) is 1. The number of rotatable bonds is 5. The second-order valence-corrected chi connectivity index (χ2v) is 5.27. The molecule has 2 amide bonds. The van der Waals surface area contributed by atoms with Crippen molar-refractivity contribution in [1.82, 2.24) is 5.43 Å². The lowest BCUT2D eigenvalue weighted by molar-refractivity contribution is 0.249. The standard InChI is InChI=1S/C19H17N3O2/c20-19(23)22-21-12-14-6-9-18(10-7-14)24-13-15-5-8-16-3-1-2-4-17(16)11-15/h1-12H,13H2,(H3,20,22,23). The minimum Gasteiger partial charge on any atom is -0.489 e. The van der Waals surface area contributed by atoms with Gasteiger partial charge in [0.05, 0.1) is 6.21 Å². The molecule has 24 heavy (non-hydrogen) atoms. The highest BCUT2D eigenvalue weighted by Gasteiger charge is 1.99. The molecular formula is C19H17N3O2. The van der Waals surface area contributed by atoms with Crippen molar-refractivity contribution in [3.05, 3.63) is 77.9 Å². The van der Waals surface area contributed by atoms with Gasteiger partial charge in [-0.2, -0.15) is 5.10 Å². The molecule has 0 unspecified atom stereocenters. The zero-order valence-corrected chi connectivity index (χ0v) is 13.0. The molecule has 3 aromatic rings. The van der Waals surface area contributed by atoms with Crippen LogP contribution in [0.1, 0.15) is 11.1 Å². The van der Waals surface area contributed by atoms with E-state index in [1.807, 2.05) is 36.4 Å². The molecule has 0 bridgehead atoms. The quantitative estimate of drug-likeness (QED) is 0.558. The molecule has 0 aliphatic heterocycles. The van der Waals surface area contributed by atoms with E-state index in [1.165, 1.54) is 17.0 Å². The SMILES string of the molecule is NC(=O)NN=Cc1ccc(OCc2ccc3ccccc3c2)cc1. The van der Waals surface area contributed by atoms with Crippen LogP contribution in [0.15, 0.2) is 71.8 Å². The first-order chi connectivity index (χ1) is 11.7. The van der Waals surface area contributed by atoms with Crippen molar-refractivity contribution in [3.63, 3.8) is 0 Å². The number of amides is 2. The normalized spacial score (nSPS) is 10.8. The third-order valence-electron chi connectivity index (χ3n) is 3.49. The van der Waals surface area contributed by atoms with Crippen molar-refractivity contribution in [1.29, 1.82) is 0 Å². The van der Waals surface area contributed by atoms with Gasteiger partial charge in [0.15, 0.2) is 0 Å². The molecule has 0 aromatic heterocycles. The van der Waals surface area contributed by atoms with Gasteiger partial charge in [0.1, 0.15) is 12.4 Å². The minimum atomic E-state index is -0.693. The van der Waals surface area contributed by atoms with Crippen LogP contribution in [0.3, 0.4) is 0 Å². The van der Waals surface area contributed by atoms with Gasteiger partial charge in [0.2, 0.25) is 0 Å². The number of benzene rings is 3. The Morgan fingerprint density at radius 2 is 1.79 bits per heavy atom. The molecule has 120 valence electrons. The van der Waals surface area contributed by atoms with E-state index in [9.17, 15) is 4.79 Å². The Bertz CT molecular complexity index is 873. The Labute approximate surface area is 139 Å². The molecular weight excluding hydrogens is 302 g/mol. The summed E-state index contributed by atoms with van der Waals surface area (Å²) in [5.74, 6) is 0.767. The fraction of sp³-hybridized carbons (Fsp3) is 0.0526. The zero-order valence-electron chi connectivity index (χ0n) is 13.0. The number of carbonyl (C=O) groups excluding carboxylic acids is 1. The van der Waals surface area contributed by atoms with Crippen LogP contribution in [0.2, 0.25) is 0 Å². The number of hydrogen-bond donors (Lipinski definition) is 2. The number of nitrogens with one attached hydrogen (secondary N) is 1. The predicted octanol–water partition coefficient (Wildman–Crippen LogP) is 3.42. The number of hydrazone groups is 1. The fourth-order valence-corrected chi connectivity index (χ4v) is 2.32. The van der Waals surface area contributed by atoms with Gasteiger partial charge in [0.25, 0.3) is 0 Å². The van der Waals surface area contributed by atoms with E-state index in [2.05, 4.69) is 40.9 Å². The number of hydrogen-bond acceptors (Lipinski definition) is 3. The first-order valence-electron chi connectivity index (χ1n) is 7.50. The highest BCUT2D eigenvalue weighted by atomic mass is 16.5. The predicted molar refractivity (Wildman–Crippen MR) is 95.0 cm³/mol. The molecule has 3 rings (SSSR count). The van der Waals surface area contributed by atoms with E-state index in [0.717, 1.165) is 16.9 Å². The van der Waals surface area contributed by atoms with Gasteiger partial charge in [-0.3, -0.25) is 0 Å². The molecule has 5 nitrogen and oxygen atoms in total. The number of nitrogens with zero attached hydrogens (tertiary/aromatic N) is 1. The average molecular weight is 319 g/mol. The number of urea groups is 1. The van der Waals surface area contributed by atoms with E-state index in [1.54, 1.807) is 0 Å². The van der Waals surface area contributed by atoms with E-state index in [0.29, 0.717) is 6.61 Å². The van der Waals surface area contributed by atoms with E-state index in [4.69, 9.17) is 10.5 Å². The van der Waals surface area contributed by atoms with E-state index < -0.39 is 6.03 Å². The van der Waals surface area contributed by atoms with Crippen LogP contribution in [0.25, 0.3) is 10.8 Å². The number of primary amides is 1. The van der Waals surface area contributed by atoms with Gasteiger partial charge in [-0.1, -0.05) is 36.4 Å². The van der Waals surface area contributed by atoms with Crippen molar-refractivity contribution < 1.29 is 9.53 Å². The summed E-state index contributed by atoms with van der Waals surface area (Å²) in [6, 6.07) is 21.2. The minimum absolute atomic E-state index is 0.501. The molecule has 3 aromatic carbocycles. The van der Waals surface area contributed by atoms with Crippen LogP contribution in [-0.2, 0) is 6.61 Å². The molecule has 0 heterocycles. The maximum atomic E-state index is 10.5. The van der Waals surface area contributed by atoms with Crippen molar-refractivity contribution >= 4 is 23.0 Å². The van der Waals surface area contributed by atoms with Gasteiger partial charge in [0, 0.05) is 0 Å². The number of fused-ring (bicyclic) bond motifs is 1. The van der Waals surface area contributed by atoms with E-state index in [-0.39, 0.29) is 0 Å². The number of nitrogens with two attached hydrogens (primary N) is 1. The molecule has 0 atom stereocenters. The summed E-state index contributed by atoms with van der Waals surface area (Å²) in [6.45, 7) is 0.501. The molecule has 0 spiro atoms. The summed E-state index contributed by atoms with van der Waals surface area (Å²) in [5, 5.41) is 6.12. The Hall–Kier alpha value is -3.34. The van der Waals surface area contributed by atoms with Crippen LogP contribution >= 0.6 is 0 Å². The van der Waals surface area contributed by atoms with Crippen LogP contribution in [-0.4, -0.2) is 12.2 Å². The maximum Gasteiger partial charge on any atom is 0.332 e. The molecule has 3 N–H and O–H groups in total. The van der Waals surface area contributed by atoms with Crippen LogP contribution < -0.4 is 15.9 Å². The van der Waals surface area contributed by atoms with Crippen molar-refractivity contribution in [2.45, 2.75) is 6.61 Å². The summed E-state index contributed by atoms with van der Waals surface area (Å²) in [5.41, 5.74) is 9.02. The summed E-state index contributed by atoms with van der Waals surface area (Å²) < 4.78 is 5.80. The summed E-state index contributed by atoms with van der Waals surface area (Å²) in [4.78, 5) is 10.5. The molecule has 0 fully saturated rings. The maximum absolute atomic E-state index is 10.5. The lowest BCUT2D eigenvalue weighted by Crippen LogP contribution is -2.24. The smallest absolute Gasteiger partial charge is 0.332 e. The Morgan fingerprint density at radius 1 is 1.04 bits per heavy atom. The monoisotopic (exact) mass is 319 g/mol. The largest absolute Gasteiger partial charge is 0.489 e. The summed E-state index contributed by atoms with van der Waals surface area (Å²) >= 11 is 0. The molecule has 0 aliphatic carbocycles. The topological polar surface area (TPSA) is 76.7 Å². The Morgan fingerprint density at radius 3 is 2.54 bits per heavy atom. The van der Waals surface area contributed by atoms with Crippen molar-refractivity contribution in [3.8, 4) is 5.75 Å². The molecule has 0 radical (unpaired) electrons. The molecule has 5 heteroatoms. The van der Waals surface area contributed by atoms with Gasteiger partial charge >= 0.3 is 6.03 Å². The zero-order chi connectivity index (χ0) is 16.8. The van der Waals surface area contributed by atoms with Crippen molar-refractivity contribution in [2.75, 3.05) is 0 Å². The summed E-state index contributed by atoms with van der Waals surface area (Å²) in [7, 11) is 0. The van der Waals surface area contributed by atoms with E-state index >= 15 is 0 Å². The van der Waals surface area contributed by atoms with Crippen LogP contribution in [0.5, 0.6) is 5.75 Å². The highest BCUT2D eigenvalue weighted by Crippen LogP contribution is 2.18. The lowest BCUT2D eigenvalue weighted by atomic mass is 10.1. The van der Waals surface area contributed by atoms with Gasteiger partial charge in [-0.05, 0) is 52.2 Å². The highest BCUT2D eigenvalue weighted by molar-refractivity contribution is 5.83. The third kappa shape index (κ3) is 4.10. The van der Waals surface area contributed by atoms with Gasteiger partial charge < -0.3 is 10.5 Å². The first kappa shape index (κ1) is 15.6. The Balaban J connectivity index is 1.61. The average Bonchev–Trinajstić information content (AvgIpc) is 2.60. The fourth-order valence-electron chi connectivity index (χ4n) is 2.32. The summed E-state index contributed by atoms with van der Waals surface area (Å²) in [6.07, 6.45) is 1.51.